The van der Waals surface area contributed by atoms with Gasteiger partial charge in [0.1, 0.15) is 23.4 Å². The van der Waals surface area contributed by atoms with Crippen molar-refractivity contribution in [3.05, 3.63) is 95.8 Å². The minimum absolute atomic E-state index is 0.111. The molecule has 1 saturated heterocycles. The Kier molecular flexibility index (Phi) is 7.13. The first-order valence-electron chi connectivity index (χ1n) is 12.0. The molecule has 6 heteroatoms. The van der Waals surface area contributed by atoms with Crippen LogP contribution in [0.4, 0.5) is 4.39 Å². The Bertz CT molecular complexity index is 1090. The number of phenolic OH excluding ortho intramolecular Hbond substituents is 1. The number of primary amides is 1. The first-order valence-corrected chi connectivity index (χ1v) is 12.0. The Morgan fingerprint density at radius 2 is 1.63 bits per heavy atom. The highest BCUT2D eigenvalue weighted by atomic mass is 19.1. The van der Waals surface area contributed by atoms with E-state index in [0.717, 1.165) is 36.6 Å². The Balaban J connectivity index is 1.52. The van der Waals surface area contributed by atoms with Crippen LogP contribution in [-0.2, 0) is 10.2 Å². The van der Waals surface area contributed by atoms with Crippen molar-refractivity contribution in [2.45, 2.75) is 50.2 Å². The summed E-state index contributed by atoms with van der Waals surface area (Å²) in [5.74, 6) is -0.716. The number of halogens is 1. The normalized spacial score (nSPS) is 16.8. The second-order valence-corrected chi connectivity index (χ2v) is 9.93. The number of ether oxygens (including phenoxy) is 1. The summed E-state index contributed by atoms with van der Waals surface area (Å²) in [5, 5.41) is 9.66. The molecule has 1 aliphatic rings. The summed E-state index contributed by atoms with van der Waals surface area (Å²) in [4.78, 5) is 15.5. The molecule has 35 heavy (non-hydrogen) atoms. The summed E-state index contributed by atoms with van der Waals surface area (Å²) in [6, 6.07) is 23.3. The molecule has 0 saturated carbocycles. The molecule has 1 aliphatic heterocycles. The van der Waals surface area contributed by atoms with Crippen molar-refractivity contribution in [2.75, 3.05) is 13.1 Å². The van der Waals surface area contributed by atoms with E-state index >= 15 is 0 Å². The molecule has 0 bridgehead atoms. The second kappa shape index (κ2) is 10.1. The average molecular weight is 477 g/mol. The monoisotopic (exact) mass is 476 g/mol. The molecule has 1 atom stereocenters. The Labute approximate surface area is 206 Å². The summed E-state index contributed by atoms with van der Waals surface area (Å²) in [6.07, 6.45) is 1.97. The average Bonchev–Trinajstić information content (AvgIpc) is 3.29. The first kappa shape index (κ1) is 24.7. The van der Waals surface area contributed by atoms with E-state index in [1.54, 1.807) is 0 Å². The van der Waals surface area contributed by atoms with Crippen LogP contribution in [0.3, 0.4) is 0 Å². The van der Waals surface area contributed by atoms with Crippen LogP contribution in [0.5, 0.6) is 11.5 Å². The predicted molar refractivity (Wildman–Crippen MR) is 135 cm³/mol. The number of aromatic hydroxyl groups is 1. The molecular formula is C29H33FN2O3. The fourth-order valence-electron chi connectivity index (χ4n) is 5.14. The molecule has 3 N–H and O–H groups in total. The number of carbonyl (C=O) groups excluding carboxylic acids is 1. The van der Waals surface area contributed by atoms with E-state index in [-0.39, 0.29) is 23.3 Å². The van der Waals surface area contributed by atoms with E-state index in [4.69, 9.17) is 10.5 Å². The minimum Gasteiger partial charge on any atom is -0.508 e. The molecule has 3 aromatic carbocycles. The molecule has 0 radical (unpaired) electrons. The van der Waals surface area contributed by atoms with Crippen molar-refractivity contribution < 1.29 is 19.0 Å². The van der Waals surface area contributed by atoms with Crippen LogP contribution in [0.15, 0.2) is 78.9 Å². The Morgan fingerprint density at radius 3 is 2.17 bits per heavy atom. The van der Waals surface area contributed by atoms with Gasteiger partial charge in [-0.05, 0) is 44.2 Å². The zero-order chi connectivity index (χ0) is 25.1. The van der Waals surface area contributed by atoms with Crippen molar-refractivity contribution in [1.82, 2.24) is 4.90 Å². The summed E-state index contributed by atoms with van der Waals surface area (Å²) in [7, 11) is 0. The van der Waals surface area contributed by atoms with Gasteiger partial charge in [-0.3, -0.25) is 9.69 Å². The molecule has 0 aromatic heterocycles. The maximum Gasteiger partial charge on any atom is 0.232 e. The van der Waals surface area contributed by atoms with Crippen LogP contribution >= 0.6 is 0 Å². The van der Waals surface area contributed by atoms with Crippen molar-refractivity contribution in [1.29, 1.82) is 0 Å². The van der Waals surface area contributed by atoms with E-state index in [0.29, 0.717) is 18.7 Å². The lowest BCUT2D eigenvalue weighted by Gasteiger charge is -2.40. The molecule has 1 heterocycles. The topological polar surface area (TPSA) is 75.8 Å². The number of rotatable bonds is 9. The SMILES string of the molecule is CC(C)(CCC(C(N)=O)(c1ccccc1)c1ccccc1)N1CCC(Oc2cc(O)cc(F)c2)C1. The number of hydrogen-bond acceptors (Lipinski definition) is 4. The van der Waals surface area contributed by atoms with Crippen LogP contribution in [0.1, 0.15) is 44.2 Å². The number of amides is 1. The van der Waals surface area contributed by atoms with Gasteiger partial charge in [0.25, 0.3) is 0 Å². The van der Waals surface area contributed by atoms with Crippen LogP contribution in [0.2, 0.25) is 0 Å². The maximum atomic E-state index is 13.6. The smallest absolute Gasteiger partial charge is 0.232 e. The van der Waals surface area contributed by atoms with Crippen LogP contribution < -0.4 is 10.5 Å². The molecule has 184 valence electrons. The highest BCUT2D eigenvalue weighted by Gasteiger charge is 2.43. The highest BCUT2D eigenvalue weighted by Crippen LogP contribution is 2.40. The predicted octanol–water partition coefficient (Wildman–Crippen LogP) is 5.01. The van der Waals surface area contributed by atoms with Crippen molar-refractivity contribution in [3.63, 3.8) is 0 Å². The molecule has 1 amide bonds. The molecule has 5 nitrogen and oxygen atoms in total. The molecule has 1 fully saturated rings. The van der Waals surface area contributed by atoms with E-state index in [1.807, 2.05) is 60.7 Å². The summed E-state index contributed by atoms with van der Waals surface area (Å²) < 4.78 is 19.6. The molecule has 0 aliphatic carbocycles. The summed E-state index contributed by atoms with van der Waals surface area (Å²) >= 11 is 0. The molecular weight excluding hydrogens is 443 g/mol. The van der Waals surface area contributed by atoms with E-state index < -0.39 is 11.2 Å². The van der Waals surface area contributed by atoms with Gasteiger partial charge in [0, 0.05) is 36.8 Å². The maximum absolute atomic E-state index is 13.6. The van der Waals surface area contributed by atoms with E-state index in [9.17, 15) is 14.3 Å². The standard InChI is InChI=1S/C29H33FN2O3/c1-28(2,32-16-13-25(20-32)35-26-18-23(30)17-24(33)19-26)14-15-29(27(31)34,21-9-5-3-6-10-21)22-11-7-4-8-12-22/h3-12,17-19,25,33H,13-16,20H2,1-2H3,(H2,31,34). The Hall–Kier alpha value is -3.38. The fourth-order valence-corrected chi connectivity index (χ4v) is 5.14. The lowest BCUT2D eigenvalue weighted by atomic mass is 9.69. The Morgan fingerprint density at radius 1 is 1.03 bits per heavy atom. The lowest BCUT2D eigenvalue weighted by Crippen LogP contribution is -2.47. The second-order valence-electron chi connectivity index (χ2n) is 9.93. The van der Waals surface area contributed by atoms with Gasteiger partial charge in [-0.15, -0.1) is 0 Å². The van der Waals surface area contributed by atoms with Crippen LogP contribution in [0.25, 0.3) is 0 Å². The van der Waals surface area contributed by atoms with Crippen LogP contribution in [-0.4, -0.2) is 40.6 Å². The van der Waals surface area contributed by atoms with Gasteiger partial charge in [-0.1, -0.05) is 60.7 Å². The number of benzene rings is 3. The third-order valence-electron chi connectivity index (χ3n) is 7.23. The number of phenols is 1. The fraction of sp³-hybridized carbons (Fsp3) is 0.345. The molecule has 3 aromatic rings. The summed E-state index contributed by atoms with van der Waals surface area (Å²) in [5.41, 5.74) is 6.75. The van der Waals surface area contributed by atoms with Crippen molar-refractivity contribution in [3.8, 4) is 11.5 Å². The number of nitrogens with zero attached hydrogens (tertiary/aromatic N) is 1. The van der Waals surface area contributed by atoms with Gasteiger partial charge in [0.2, 0.25) is 5.91 Å². The van der Waals surface area contributed by atoms with Crippen molar-refractivity contribution in [2.24, 2.45) is 5.73 Å². The third-order valence-corrected chi connectivity index (χ3v) is 7.23. The van der Waals surface area contributed by atoms with Gasteiger partial charge in [-0.2, -0.15) is 0 Å². The van der Waals surface area contributed by atoms with Gasteiger partial charge >= 0.3 is 0 Å². The number of likely N-dealkylation sites (tertiary alicyclic amines) is 1. The third kappa shape index (κ3) is 5.33. The van der Waals surface area contributed by atoms with E-state index in [1.165, 1.54) is 12.1 Å². The van der Waals surface area contributed by atoms with Gasteiger partial charge in [0.15, 0.2) is 0 Å². The lowest BCUT2D eigenvalue weighted by molar-refractivity contribution is -0.122. The molecule has 4 rings (SSSR count). The van der Waals surface area contributed by atoms with Gasteiger partial charge < -0.3 is 15.6 Å². The van der Waals surface area contributed by atoms with Crippen molar-refractivity contribution >= 4 is 5.91 Å². The van der Waals surface area contributed by atoms with Gasteiger partial charge in [0.05, 0.1) is 5.41 Å². The number of hydrogen-bond donors (Lipinski definition) is 2. The largest absolute Gasteiger partial charge is 0.508 e. The summed E-state index contributed by atoms with van der Waals surface area (Å²) in [6.45, 7) is 5.83. The van der Waals surface area contributed by atoms with E-state index in [2.05, 4.69) is 18.7 Å². The number of carbonyl (C=O) groups is 1. The zero-order valence-corrected chi connectivity index (χ0v) is 20.3. The highest BCUT2D eigenvalue weighted by molar-refractivity contribution is 5.90. The first-order chi connectivity index (χ1) is 16.7. The molecule has 0 spiro atoms. The van der Waals surface area contributed by atoms with Gasteiger partial charge in [-0.25, -0.2) is 4.39 Å². The van der Waals surface area contributed by atoms with Crippen LogP contribution in [0, 0.1) is 5.82 Å². The number of nitrogens with two attached hydrogens (primary N) is 1. The minimum atomic E-state index is -0.936. The molecule has 1 unspecified atom stereocenters. The zero-order valence-electron chi connectivity index (χ0n) is 20.3. The quantitative estimate of drug-likeness (QED) is 0.455.